The molecule has 0 heterocycles. The van der Waals surface area contributed by atoms with Gasteiger partial charge in [0.25, 0.3) is 10.1 Å². The first-order valence-corrected chi connectivity index (χ1v) is 15.0. The maximum atomic E-state index is 13.5. The molecule has 0 amide bonds. The van der Waals surface area contributed by atoms with Crippen molar-refractivity contribution in [3.63, 3.8) is 0 Å². The van der Waals surface area contributed by atoms with Crippen LogP contribution in [-0.2, 0) is 33.4 Å². The van der Waals surface area contributed by atoms with Gasteiger partial charge in [-0.25, -0.2) is 4.79 Å². The molecule has 3 aliphatic carbocycles. The van der Waals surface area contributed by atoms with Crippen LogP contribution in [0.5, 0.6) is 0 Å². The van der Waals surface area contributed by atoms with Crippen LogP contribution in [0.2, 0.25) is 0 Å². The zero-order valence-electron chi connectivity index (χ0n) is 22.9. The minimum atomic E-state index is -4.17. The summed E-state index contributed by atoms with van der Waals surface area (Å²) in [7, 11) is -4.17. The normalized spacial score (nSPS) is 39.1. The molecule has 9 heteroatoms. The van der Waals surface area contributed by atoms with Gasteiger partial charge in [0.05, 0.1) is 11.0 Å². The van der Waals surface area contributed by atoms with Crippen molar-refractivity contribution in [2.24, 2.45) is 34.0 Å². The molecule has 4 rings (SSSR count). The summed E-state index contributed by atoms with van der Waals surface area (Å²) < 4.78 is 36.4. The van der Waals surface area contributed by atoms with E-state index in [1.54, 1.807) is 12.1 Å². The largest absolute Gasteiger partial charge is 0.460 e. The van der Waals surface area contributed by atoms with E-state index in [9.17, 15) is 27.9 Å². The quantitative estimate of drug-likeness (QED) is 0.308. The van der Waals surface area contributed by atoms with Gasteiger partial charge in [-0.2, -0.15) is 8.42 Å². The van der Waals surface area contributed by atoms with Crippen molar-refractivity contribution in [2.45, 2.75) is 90.2 Å². The average Bonchev–Trinajstić information content (AvgIpc) is 3.22. The van der Waals surface area contributed by atoms with Crippen LogP contribution in [-0.4, -0.2) is 50.4 Å². The Morgan fingerprint density at radius 1 is 1.18 bits per heavy atom. The van der Waals surface area contributed by atoms with Gasteiger partial charge in [-0.1, -0.05) is 45.4 Å². The zero-order valence-corrected chi connectivity index (χ0v) is 23.8. The number of aryl methyl sites for hydroxylation is 1. The van der Waals surface area contributed by atoms with Crippen molar-refractivity contribution in [2.75, 3.05) is 6.61 Å². The number of benzene rings is 1. The Morgan fingerprint density at radius 2 is 1.84 bits per heavy atom. The fourth-order valence-electron chi connectivity index (χ4n) is 7.65. The highest BCUT2D eigenvalue weighted by atomic mass is 32.2. The molecule has 8 nitrogen and oxygen atoms in total. The zero-order chi connectivity index (χ0) is 28.1. The Bertz CT molecular complexity index is 1190. The number of hydrogen-bond acceptors (Lipinski definition) is 8. The Morgan fingerprint density at radius 3 is 2.45 bits per heavy atom. The van der Waals surface area contributed by atoms with Crippen molar-refractivity contribution < 1.29 is 36.8 Å². The Kier molecular flexibility index (Phi) is 7.71. The summed E-state index contributed by atoms with van der Waals surface area (Å²) in [6.07, 6.45) is 2.08. The lowest BCUT2D eigenvalue weighted by atomic mass is 9.43. The second-order valence-corrected chi connectivity index (χ2v) is 13.9. The van der Waals surface area contributed by atoms with E-state index in [1.165, 1.54) is 12.1 Å². The Hall–Kier alpha value is -2.10. The highest BCUT2D eigenvalue weighted by Crippen LogP contribution is 2.67. The van der Waals surface area contributed by atoms with Crippen LogP contribution in [0.4, 0.5) is 0 Å². The van der Waals surface area contributed by atoms with E-state index in [1.807, 2.05) is 34.6 Å². The summed E-state index contributed by atoms with van der Waals surface area (Å²) in [4.78, 5) is 39.0. The summed E-state index contributed by atoms with van der Waals surface area (Å²) in [6, 6.07) is 6.11. The van der Waals surface area contributed by atoms with E-state index in [0.717, 1.165) is 18.3 Å². The number of ether oxygens (including phenoxy) is 1. The molecule has 1 N–H and O–H groups in total. The number of aldehydes is 1. The van der Waals surface area contributed by atoms with E-state index >= 15 is 0 Å². The molecule has 0 radical (unpaired) electrons. The van der Waals surface area contributed by atoms with Gasteiger partial charge in [0.2, 0.25) is 0 Å². The first-order chi connectivity index (χ1) is 17.7. The number of esters is 1. The van der Waals surface area contributed by atoms with E-state index in [-0.39, 0.29) is 23.0 Å². The molecule has 1 unspecified atom stereocenters. The summed E-state index contributed by atoms with van der Waals surface area (Å²) >= 11 is 0. The van der Waals surface area contributed by atoms with Crippen LogP contribution in [0.15, 0.2) is 29.2 Å². The van der Waals surface area contributed by atoms with Crippen molar-refractivity contribution in [1.29, 1.82) is 0 Å². The molecule has 3 saturated carbocycles. The van der Waals surface area contributed by atoms with Crippen LogP contribution < -0.4 is 0 Å². The molecule has 0 spiro atoms. The monoisotopic (exact) mass is 548 g/mol. The Labute approximate surface area is 225 Å². The lowest BCUT2D eigenvalue weighted by Gasteiger charge is -2.61. The fraction of sp³-hybridized carbons (Fsp3) is 0.690. The number of aliphatic hydroxyl groups excluding tert-OH is 1. The van der Waals surface area contributed by atoms with E-state index in [0.29, 0.717) is 25.7 Å². The van der Waals surface area contributed by atoms with Gasteiger partial charge in [-0.3, -0.25) is 8.98 Å². The number of hydrogen-bond donors (Lipinski definition) is 1. The van der Waals surface area contributed by atoms with Gasteiger partial charge >= 0.3 is 5.97 Å². The smallest absolute Gasteiger partial charge is 0.333 e. The molecule has 0 aliphatic heterocycles. The third-order valence-corrected chi connectivity index (χ3v) is 11.7. The summed E-state index contributed by atoms with van der Waals surface area (Å²) in [5, 5.41) is 11.6. The van der Waals surface area contributed by atoms with Gasteiger partial charge in [-0.05, 0) is 67.9 Å². The predicted molar refractivity (Wildman–Crippen MR) is 139 cm³/mol. The molecule has 8 atom stereocenters. The maximum absolute atomic E-state index is 13.5. The van der Waals surface area contributed by atoms with Crippen molar-refractivity contribution >= 4 is 28.2 Å². The molecular weight excluding hydrogens is 508 g/mol. The van der Waals surface area contributed by atoms with Gasteiger partial charge in [0.15, 0.2) is 6.61 Å². The van der Waals surface area contributed by atoms with E-state index in [4.69, 9.17) is 8.92 Å². The van der Waals surface area contributed by atoms with Gasteiger partial charge in [0, 0.05) is 23.7 Å². The molecule has 3 aliphatic rings. The molecule has 0 saturated heterocycles. The number of Topliss-reactive ketones (excluding diaryl/α,β-unsaturated/α-hetero) is 1. The summed E-state index contributed by atoms with van der Waals surface area (Å²) in [5.41, 5.74) is -1.34. The topological polar surface area (TPSA) is 124 Å². The molecule has 1 aromatic carbocycles. The third-order valence-electron chi connectivity index (χ3n) is 10.4. The van der Waals surface area contributed by atoms with Crippen LogP contribution in [0, 0.1) is 40.9 Å². The molecule has 0 aromatic heterocycles. The predicted octanol–water partition coefficient (Wildman–Crippen LogP) is 4.01. The van der Waals surface area contributed by atoms with E-state index in [2.05, 4.69) is 0 Å². The van der Waals surface area contributed by atoms with Crippen molar-refractivity contribution in [3.05, 3.63) is 29.8 Å². The van der Waals surface area contributed by atoms with Gasteiger partial charge in [-0.15, -0.1) is 0 Å². The third kappa shape index (κ3) is 4.54. The second-order valence-electron chi connectivity index (χ2n) is 12.3. The average molecular weight is 549 g/mol. The van der Waals surface area contributed by atoms with Gasteiger partial charge < -0.3 is 14.6 Å². The highest BCUT2D eigenvalue weighted by Gasteiger charge is 2.69. The standard InChI is InChI=1S/C29H40O8S/c1-6-27(4)15-23(37-24(32)17-36-38(34,35)20-9-7-18(2)8-10-20)28(5)19(3)11-13-29(21(16-30)26(27)33)14-12-22(31)25(28)29/h7-10,16,19,21,23,25-26,33H,6,11-15,17H2,1-5H3/t19-,21+,23-,25?,26+,27+,28+,29+/m1/s1. The first-order valence-electron chi connectivity index (χ1n) is 13.6. The molecular formula is C29H40O8S. The van der Waals surface area contributed by atoms with Crippen molar-refractivity contribution in [1.82, 2.24) is 0 Å². The van der Waals surface area contributed by atoms with Crippen LogP contribution >= 0.6 is 0 Å². The Balaban J connectivity index is 1.67. The number of ketones is 1. The van der Waals surface area contributed by atoms with Crippen LogP contribution in [0.25, 0.3) is 0 Å². The molecule has 38 heavy (non-hydrogen) atoms. The SMILES string of the molecule is CC[C@@]1(C)C[C@@H](OC(=O)COS(=O)(=O)c2ccc(C)cc2)[C@@]2(C)C3C(=O)CC[C@@]3(CC[C@H]2C)[C@@H](C=O)[C@@H]1O. The van der Waals surface area contributed by atoms with E-state index < -0.39 is 63.0 Å². The first kappa shape index (κ1) is 28.9. The molecule has 3 fully saturated rings. The second kappa shape index (κ2) is 10.1. The summed E-state index contributed by atoms with van der Waals surface area (Å²) in [6.45, 7) is 8.87. The number of carbonyl (C=O) groups is 3. The lowest BCUT2D eigenvalue weighted by molar-refractivity contribution is -0.212. The number of aliphatic hydroxyl groups is 1. The molecule has 1 aromatic rings. The maximum Gasteiger partial charge on any atom is 0.333 e. The lowest BCUT2D eigenvalue weighted by Crippen LogP contribution is -2.64. The molecule has 2 bridgehead atoms. The summed E-state index contributed by atoms with van der Waals surface area (Å²) in [5.74, 6) is -2.03. The number of rotatable bonds is 7. The van der Waals surface area contributed by atoms with Crippen LogP contribution in [0.1, 0.15) is 71.8 Å². The molecule has 210 valence electrons. The van der Waals surface area contributed by atoms with Gasteiger partial charge in [0.1, 0.15) is 18.2 Å². The fourth-order valence-corrected chi connectivity index (χ4v) is 8.50. The van der Waals surface area contributed by atoms with Crippen LogP contribution in [0.3, 0.4) is 0 Å². The van der Waals surface area contributed by atoms with Crippen molar-refractivity contribution in [3.8, 4) is 0 Å². The number of carbonyl (C=O) groups excluding carboxylic acids is 3. The minimum absolute atomic E-state index is 0.00124. The minimum Gasteiger partial charge on any atom is -0.460 e. The highest BCUT2D eigenvalue weighted by molar-refractivity contribution is 7.86.